The minimum atomic E-state index is -1.05. The van der Waals surface area contributed by atoms with E-state index in [1.165, 1.54) is 24.5 Å². The van der Waals surface area contributed by atoms with Gasteiger partial charge in [-0.05, 0) is 31.2 Å². The van der Waals surface area contributed by atoms with E-state index in [0.29, 0.717) is 18.3 Å². The van der Waals surface area contributed by atoms with Crippen LogP contribution in [0.25, 0.3) is 0 Å². The predicted molar refractivity (Wildman–Crippen MR) is 72.6 cm³/mol. The zero-order chi connectivity index (χ0) is 12.6. The molecule has 0 spiro atoms. The second-order valence-corrected chi connectivity index (χ2v) is 12.4. The maximum atomic E-state index is 11.3. The molecular weight excluding hydrogens is 228 g/mol. The van der Waals surface area contributed by atoms with Crippen molar-refractivity contribution in [3.05, 3.63) is 12.2 Å². The van der Waals surface area contributed by atoms with Gasteiger partial charge in [0.15, 0.2) is 0 Å². The van der Waals surface area contributed by atoms with Gasteiger partial charge in [0.1, 0.15) is 6.10 Å². The molecular formula is C14H24O2Si. The van der Waals surface area contributed by atoms with Crippen molar-refractivity contribution in [2.24, 2.45) is 11.8 Å². The molecule has 1 saturated heterocycles. The summed E-state index contributed by atoms with van der Waals surface area (Å²) in [6, 6.07) is 1.20. The molecule has 2 aliphatic rings. The maximum absolute atomic E-state index is 11.3. The summed E-state index contributed by atoms with van der Waals surface area (Å²) in [7, 11) is -1.05. The average Bonchev–Trinajstić information content (AvgIpc) is 2.63. The monoisotopic (exact) mass is 252 g/mol. The van der Waals surface area contributed by atoms with E-state index in [4.69, 9.17) is 4.74 Å². The lowest BCUT2D eigenvalue weighted by atomic mass is 9.95. The molecule has 1 aliphatic heterocycles. The fourth-order valence-electron chi connectivity index (χ4n) is 3.38. The zero-order valence-electron chi connectivity index (χ0n) is 11.3. The number of hydrogen-bond donors (Lipinski definition) is 0. The van der Waals surface area contributed by atoms with Gasteiger partial charge in [-0.1, -0.05) is 25.2 Å². The minimum Gasteiger partial charge on any atom is -0.462 e. The van der Waals surface area contributed by atoms with Crippen molar-refractivity contribution < 1.29 is 9.53 Å². The molecule has 1 unspecified atom stereocenters. The van der Waals surface area contributed by atoms with Gasteiger partial charge in [0, 0.05) is 14.0 Å². The van der Waals surface area contributed by atoms with Crippen LogP contribution in [0.5, 0.6) is 0 Å². The van der Waals surface area contributed by atoms with E-state index < -0.39 is 8.07 Å². The van der Waals surface area contributed by atoms with Crippen LogP contribution in [0.1, 0.15) is 25.7 Å². The Morgan fingerprint density at radius 2 is 2.12 bits per heavy atom. The van der Waals surface area contributed by atoms with Crippen molar-refractivity contribution in [3.63, 3.8) is 0 Å². The number of carbonyl (C=O) groups is 1. The molecule has 0 aromatic carbocycles. The van der Waals surface area contributed by atoms with Crippen LogP contribution < -0.4 is 0 Å². The molecule has 1 aliphatic carbocycles. The third kappa shape index (κ3) is 3.21. The lowest BCUT2D eigenvalue weighted by Crippen LogP contribution is -2.23. The molecule has 96 valence electrons. The quantitative estimate of drug-likeness (QED) is 0.434. The Morgan fingerprint density at radius 3 is 2.76 bits per heavy atom. The Labute approximate surface area is 105 Å². The van der Waals surface area contributed by atoms with E-state index in [1.54, 1.807) is 0 Å². The number of allylic oxidation sites excluding steroid dienone is 1. The van der Waals surface area contributed by atoms with Crippen LogP contribution in [0.4, 0.5) is 0 Å². The van der Waals surface area contributed by atoms with E-state index in [2.05, 4.69) is 26.2 Å². The van der Waals surface area contributed by atoms with E-state index >= 15 is 0 Å². The highest BCUT2D eigenvalue weighted by molar-refractivity contribution is 6.76. The van der Waals surface area contributed by atoms with Crippen molar-refractivity contribution in [1.29, 1.82) is 0 Å². The summed E-state index contributed by atoms with van der Waals surface area (Å²) in [6.07, 6.45) is 4.32. The molecule has 2 rings (SSSR count). The average molecular weight is 252 g/mol. The Hall–Kier alpha value is -0.573. The lowest BCUT2D eigenvalue weighted by molar-refractivity contribution is -0.143. The van der Waals surface area contributed by atoms with Gasteiger partial charge >= 0.3 is 5.97 Å². The molecule has 3 heteroatoms. The first-order chi connectivity index (χ1) is 7.85. The van der Waals surface area contributed by atoms with Gasteiger partial charge in [-0.2, -0.15) is 0 Å². The number of ether oxygens (including phenoxy) is 1. The van der Waals surface area contributed by atoms with E-state index in [0.717, 1.165) is 6.42 Å². The number of hydrogen-bond acceptors (Lipinski definition) is 2. The number of fused-ring (bicyclic) bond motifs is 1. The summed E-state index contributed by atoms with van der Waals surface area (Å²) in [5.41, 5.74) is 1.37. The van der Waals surface area contributed by atoms with Crippen molar-refractivity contribution in [2.45, 2.75) is 57.5 Å². The smallest absolute Gasteiger partial charge is 0.306 e. The fourth-order valence-corrected chi connectivity index (χ4v) is 5.02. The minimum absolute atomic E-state index is 0.0144. The van der Waals surface area contributed by atoms with Gasteiger partial charge in [0.25, 0.3) is 0 Å². The van der Waals surface area contributed by atoms with Gasteiger partial charge in [-0.25, -0.2) is 0 Å². The third-order valence-corrected chi connectivity index (χ3v) is 5.43. The van der Waals surface area contributed by atoms with Crippen LogP contribution in [-0.4, -0.2) is 20.1 Å². The Morgan fingerprint density at radius 1 is 1.41 bits per heavy atom. The molecule has 17 heavy (non-hydrogen) atoms. The molecule has 0 aromatic heterocycles. The highest BCUT2D eigenvalue weighted by atomic mass is 28.3. The molecule has 0 radical (unpaired) electrons. The Kier molecular flexibility index (Phi) is 3.48. The van der Waals surface area contributed by atoms with Crippen LogP contribution in [0.3, 0.4) is 0 Å². The van der Waals surface area contributed by atoms with Crippen molar-refractivity contribution in [1.82, 2.24) is 0 Å². The van der Waals surface area contributed by atoms with Crippen molar-refractivity contribution in [3.8, 4) is 0 Å². The number of esters is 1. The van der Waals surface area contributed by atoms with E-state index in [1.807, 2.05) is 0 Å². The zero-order valence-corrected chi connectivity index (χ0v) is 12.3. The summed E-state index contributed by atoms with van der Waals surface area (Å²) < 4.78 is 5.46. The molecule has 0 N–H and O–H groups in total. The van der Waals surface area contributed by atoms with Crippen LogP contribution >= 0.6 is 0 Å². The van der Waals surface area contributed by atoms with E-state index in [9.17, 15) is 4.79 Å². The number of rotatable bonds is 4. The largest absolute Gasteiger partial charge is 0.462 e. The second-order valence-electron chi connectivity index (χ2n) is 6.95. The van der Waals surface area contributed by atoms with Crippen LogP contribution in [0.15, 0.2) is 12.2 Å². The molecule has 2 fully saturated rings. The van der Waals surface area contributed by atoms with Gasteiger partial charge in [-0.15, -0.1) is 6.58 Å². The first-order valence-electron chi connectivity index (χ1n) is 6.71. The molecule has 0 aromatic rings. The molecule has 1 heterocycles. The second kappa shape index (κ2) is 4.60. The Balaban J connectivity index is 1.88. The van der Waals surface area contributed by atoms with Crippen LogP contribution in [0.2, 0.25) is 25.7 Å². The normalized spacial score (nSPS) is 32.4. The Bertz CT molecular complexity index is 330. The summed E-state index contributed by atoms with van der Waals surface area (Å²) in [4.78, 5) is 11.3. The molecule has 0 amide bonds. The van der Waals surface area contributed by atoms with Gasteiger partial charge in [-0.3, -0.25) is 4.79 Å². The van der Waals surface area contributed by atoms with Gasteiger partial charge in [0.2, 0.25) is 0 Å². The standard InChI is InChI=1S/C14H24O2Si/c1-10(9-17(2,3)4)7-11-5-6-12-8-13(15)16-14(11)12/h11-12,14H,1,5-9H2,2-4H3/t11?,12-,14-/m0/s1. The van der Waals surface area contributed by atoms with Crippen LogP contribution in [0, 0.1) is 11.8 Å². The molecule has 2 nitrogen and oxygen atoms in total. The fraction of sp³-hybridized carbons (Fsp3) is 0.786. The first-order valence-corrected chi connectivity index (χ1v) is 10.4. The highest BCUT2D eigenvalue weighted by Gasteiger charge is 2.44. The predicted octanol–water partition coefficient (Wildman–Crippen LogP) is 3.61. The highest BCUT2D eigenvalue weighted by Crippen LogP contribution is 2.43. The van der Waals surface area contributed by atoms with Crippen molar-refractivity contribution in [2.75, 3.05) is 0 Å². The van der Waals surface area contributed by atoms with Crippen LogP contribution in [-0.2, 0) is 9.53 Å². The van der Waals surface area contributed by atoms with Gasteiger partial charge < -0.3 is 4.74 Å². The third-order valence-electron chi connectivity index (χ3n) is 3.87. The number of carbonyl (C=O) groups excluding carboxylic acids is 1. The molecule has 1 saturated carbocycles. The topological polar surface area (TPSA) is 26.3 Å². The lowest BCUT2D eigenvalue weighted by Gasteiger charge is -2.22. The summed E-state index contributed by atoms with van der Waals surface area (Å²) >= 11 is 0. The first kappa shape index (κ1) is 12.9. The van der Waals surface area contributed by atoms with Crippen molar-refractivity contribution >= 4 is 14.0 Å². The SMILES string of the molecule is C=C(CC1CC[C@H]2CC(=O)O[C@@H]12)C[Si](C)(C)C. The maximum Gasteiger partial charge on any atom is 0.306 e. The summed E-state index contributed by atoms with van der Waals surface area (Å²) in [5.74, 6) is 1.07. The molecule has 3 atom stereocenters. The van der Waals surface area contributed by atoms with E-state index in [-0.39, 0.29) is 12.1 Å². The summed E-state index contributed by atoms with van der Waals surface area (Å²) in [5, 5.41) is 0. The molecule has 0 bridgehead atoms. The van der Waals surface area contributed by atoms with Gasteiger partial charge in [0.05, 0.1) is 6.42 Å². The summed E-state index contributed by atoms with van der Waals surface area (Å²) in [6.45, 7) is 11.4.